The number of nitrogens with one attached hydrogen (secondary N) is 1. The molecular weight excluding hydrogens is 306 g/mol. The number of carbonyl (C=O) groups excluding carboxylic acids is 1. The molecule has 2 N–H and O–H groups in total. The van der Waals surface area contributed by atoms with Gasteiger partial charge in [-0.1, -0.05) is 12.1 Å². The highest BCUT2D eigenvalue weighted by molar-refractivity contribution is 5.97. The Morgan fingerprint density at radius 3 is 2.75 bits per heavy atom. The van der Waals surface area contributed by atoms with Crippen molar-refractivity contribution in [2.45, 2.75) is 44.0 Å². The van der Waals surface area contributed by atoms with Gasteiger partial charge in [0.2, 0.25) is 0 Å². The van der Waals surface area contributed by atoms with Crippen LogP contribution in [0.15, 0.2) is 36.4 Å². The van der Waals surface area contributed by atoms with E-state index in [4.69, 9.17) is 9.47 Å². The van der Waals surface area contributed by atoms with Gasteiger partial charge in [-0.05, 0) is 60.7 Å². The van der Waals surface area contributed by atoms with Crippen molar-refractivity contribution in [3.05, 3.63) is 36.4 Å². The van der Waals surface area contributed by atoms with E-state index in [0.717, 1.165) is 43.1 Å². The summed E-state index contributed by atoms with van der Waals surface area (Å²) in [5, 5.41) is 14.4. The van der Waals surface area contributed by atoms with Gasteiger partial charge in [-0.2, -0.15) is 0 Å². The van der Waals surface area contributed by atoms with E-state index in [1.807, 2.05) is 24.3 Å². The quantitative estimate of drug-likeness (QED) is 0.908. The van der Waals surface area contributed by atoms with Crippen LogP contribution in [0.4, 0.5) is 5.69 Å². The fourth-order valence-electron chi connectivity index (χ4n) is 3.56. The van der Waals surface area contributed by atoms with Gasteiger partial charge in [0.05, 0.1) is 12.2 Å². The van der Waals surface area contributed by atoms with Gasteiger partial charge in [0.25, 0.3) is 5.91 Å². The van der Waals surface area contributed by atoms with Crippen molar-refractivity contribution in [1.29, 1.82) is 0 Å². The first-order valence-corrected chi connectivity index (χ1v) is 8.50. The molecule has 2 aliphatic rings. The number of amides is 1. The van der Waals surface area contributed by atoms with Gasteiger partial charge in [0.15, 0.2) is 0 Å². The third-order valence-electron chi connectivity index (χ3n) is 4.82. The zero-order valence-electron chi connectivity index (χ0n) is 13.4. The van der Waals surface area contributed by atoms with Crippen molar-refractivity contribution in [2.75, 3.05) is 11.9 Å². The molecule has 2 heterocycles. The van der Waals surface area contributed by atoms with Crippen molar-refractivity contribution < 1.29 is 19.4 Å². The Labute approximate surface area is 140 Å². The molecule has 2 saturated heterocycles. The molecule has 3 unspecified atom stereocenters. The first-order valence-electron chi connectivity index (χ1n) is 8.50. The molecule has 5 nitrogen and oxygen atoms in total. The number of hydrogen-bond donors (Lipinski definition) is 2. The molecule has 0 spiro atoms. The van der Waals surface area contributed by atoms with Gasteiger partial charge in [-0.25, -0.2) is 0 Å². The number of carbonyl (C=O) groups is 1. The van der Waals surface area contributed by atoms with E-state index in [0.29, 0.717) is 5.69 Å². The lowest BCUT2D eigenvalue weighted by atomic mass is 10.1. The van der Waals surface area contributed by atoms with Crippen LogP contribution in [0.1, 0.15) is 25.7 Å². The summed E-state index contributed by atoms with van der Waals surface area (Å²) >= 11 is 0. The molecular formula is C19H21NO4. The Kier molecular flexibility index (Phi) is 4.12. The number of fused-ring (bicyclic) bond motifs is 1. The number of benzene rings is 2. The Morgan fingerprint density at radius 2 is 1.92 bits per heavy atom. The molecule has 0 radical (unpaired) electrons. The minimum Gasteiger partial charge on any atom is -0.508 e. The summed E-state index contributed by atoms with van der Waals surface area (Å²) in [6.07, 6.45) is 3.46. The van der Waals surface area contributed by atoms with E-state index in [1.54, 1.807) is 12.1 Å². The highest BCUT2D eigenvalue weighted by atomic mass is 16.6. The van der Waals surface area contributed by atoms with Crippen LogP contribution in [-0.2, 0) is 14.3 Å². The maximum atomic E-state index is 12.5. The maximum Gasteiger partial charge on any atom is 0.253 e. The molecule has 1 amide bonds. The molecule has 3 atom stereocenters. The summed E-state index contributed by atoms with van der Waals surface area (Å²) < 4.78 is 11.6. The number of hydrogen-bond acceptors (Lipinski definition) is 4. The zero-order chi connectivity index (χ0) is 16.5. The van der Waals surface area contributed by atoms with Gasteiger partial charge in [-0.15, -0.1) is 0 Å². The molecule has 24 heavy (non-hydrogen) atoms. The molecule has 0 bridgehead atoms. The van der Waals surface area contributed by atoms with Gasteiger partial charge < -0.3 is 19.9 Å². The van der Waals surface area contributed by atoms with E-state index < -0.39 is 6.10 Å². The van der Waals surface area contributed by atoms with Crippen LogP contribution >= 0.6 is 0 Å². The Bertz CT molecular complexity index is 754. The average Bonchev–Trinajstić information content (AvgIpc) is 3.25. The molecule has 2 aliphatic heterocycles. The number of phenols is 1. The monoisotopic (exact) mass is 327 g/mol. The number of aromatic hydroxyl groups is 1. The second-order valence-electron chi connectivity index (χ2n) is 6.53. The average molecular weight is 327 g/mol. The molecule has 0 saturated carbocycles. The summed E-state index contributed by atoms with van der Waals surface area (Å²) in [6.45, 7) is 0.797. The van der Waals surface area contributed by atoms with Crippen molar-refractivity contribution in [3.63, 3.8) is 0 Å². The number of phenolic OH excluding ortho intramolecular Hbond substituents is 1. The van der Waals surface area contributed by atoms with Crippen molar-refractivity contribution >= 4 is 22.4 Å². The SMILES string of the molecule is O=C(Nc1ccc2ccc(O)cc2c1)C1CCC(C2CCCO2)O1. The summed E-state index contributed by atoms with van der Waals surface area (Å²) in [5.74, 6) is 0.0968. The fourth-order valence-corrected chi connectivity index (χ4v) is 3.56. The van der Waals surface area contributed by atoms with Gasteiger partial charge in [0.1, 0.15) is 11.9 Å². The third kappa shape index (κ3) is 3.09. The molecule has 4 rings (SSSR count). The second kappa shape index (κ2) is 6.42. The molecule has 0 aliphatic carbocycles. The highest BCUT2D eigenvalue weighted by Crippen LogP contribution is 2.30. The largest absolute Gasteiger partial charge is 0.508 e. The van der Waals surface area contributed by atoms with E-state index in [9.17, 15) is 9.90 Å². The molecule has 5 heteroatoms. The minimum atomic E-state index is -0.418. The van der Waals surface area contributed by atoms with Gasteiger partial charge >= 0.3 is 0 Å². The second-order valence-corrected chi connectivity index (χ2v) is 6.53. The highest BCUT2D eigenvalue weighted by Gasteiger charge is 2.37. The van der Waals surface area contributed by atoms with Gasteiger partial charge in [-0.3, -0.25) is 4.79 Å². The lowest BCUT2D eigenvalue weighted by Gasteiger charge is -2.18. The molecule has 126 valence electrons. The minimum absolute atomic E-state index is 0.0387. The lowest BCUT2D eigenvalue weighted by molar-refractivity contribution is -0.129. The van der Waals surface area contributed by atoms with E-state index in [2.05, 4.69) is 5.32 Å². The Morgan fingerprint density at radius 1 is 1.04 bits per heavy atom. The smallest absolute Gasteiger partial charge is 0.253 e. The van der Waals surface area contributed by atoms with Crippen LogP contribution < -0.4 is 5.32 Å². The molecule has 2 aromatic carbocycles. The van der Waals surface area contributed by atoms with Crippen LogP contribution in [0.2, 0.25) is 0 Å². The molecule has 0 aromatic heterocycles. The predicted molar refractivity (Wildman–Crippen MR) is 91.1 cm³/mol. The van der Waals surface area contributed by atoms with E-state index in [1.165, 1.54) is 0 Å². The topological polar surface area (TPSA) is 67.8 Å². The third-order valence-corrected chi connectivity index (χ3v) is 4.82. The number of ether oxygens (including phenoxy) is 2. The van der Waals surface area contributed by atoms with Crippen LogP contribution in [0.3, 0.4) is 0 Å². The van der Waals surface area contributed by atoms with Crippen LogP contribution in [0, 0.1) is 0 Å². The van der Waals surface area contributed by atoms with Crippen molar-refractivity contribution in [2.24, 2.45) is 0 Å². The first kappa shape index (κ1) is 15.4. The van der Waals surface area contributed by atoms with Gasteiger partial charge in [0, 0.05) is 12.3 Å². The van der Waals surface area contributed by atoms with Crippen LogP contribution in [0.5, 0.6) is 5.75 Å². The summed E-state index contributed by atoms with van der Waals surface area (Å²) in [5.41, 5.74) is 0.710. The van der Waals surface area contributed by atoms with Crippen LogP contribution in [0.25, 0.3) is 10.8 Å². The zero-order valence-corrected chi connectivity index (χ0v) is 13.4. The normalized spacial score (nSPS) is 26.8. The van der Waals surface area contributed by atoms with E-state index >= 15 is 0 Å². The fraction of sp³-hybridized carbons (Fsp3) is 0.421. The Hall–Kier alpha value is -2.11. The number of rotatable bonds is 3. The van der Waals surface area contributed by atoms with Crippen molar-refractivity contribution in [3.8, 4) is 5.75 Å². The Balaban J connectivity index is 1.42. The standard InChI is InChI=1S/C19H21NO4/c21-15-6-4-12-3-5-14(10-13(12)11-15)20-19(22)18-8-7-17(24-18)16-2-1-9-23-16/h3-6,10-11,16-18,21H,1-2,7-9H2,(H,20,22). The van der Waals surface area contributed by atoms with Crippen molar-refractivity contribution in [1.82, 2.24) is 0 Å². The molecule has 2 aromatic rings. The molecule has 2 fully saturated rings. The number of anilines is 1. The van der Waals surface area contributed by atoms with Crippen LogP contribution in [-0.4, -0.2) is 35.9 Å². The lowest BCUT2D eigenvalue weighted by Crippen LogP contribution is -2.31. The first-order chi connectivity index (χ1) is 11.7. The summed E-state index contributed by atoms with van der Waals surface area (Å²) in [6, 6.07) is 10.8. The maximum absolute atomic E-state index is 12.5. The summed E-state index contributed by atoms with van der Waals surface area (Å²) in [7, 11) is 0. The summed E-state index contributed by atoms with van der Waals surface area (Å²) in [4.78, 5) is 12.5. The van der Waals surface area contributed by atoms with E-state index in [-0.39, 0.29) is 23.9 Å². The predicted octanol–water partition coefficient (Wildman–Crippen LogP) is 3.21.